The van der Waals surface area contributed by atoms with Crippen molar-refractivity contribution in [2.24, 2.45) is 0 Å². The quantitative estimate of drug-likeness (QED) is 0.808. The van der Waals surface area contributed by atoms with E-state index in [1.807, 2.05) is 39.8 Å². The van der Waals surface area contributed by atoms with Crippen molar-refractivity contribution in [2.75, 3.05) is 0 Å². The number of nitrogens with one attached hydrogen (secondary N) is 1. The molecule has 6 heteroatoms. The van der Waals surface area contributed by atoms with Gasteiger partial charge in [-0.2, -0.15) is 0 Å². The molecular formula is C18H23NO4S. The summed E-state index contributed by atoms with van der Waals surface area (Å²) >= 11 is 0. The number of hydrogen-bond donors (Lipinski definition) is 1. The first-order valence-corrected chi connectivity index (χ1v) is 8.89. The highest BCUT2D eigenvalue weighted by Crippen LogP contribution is 2.21. The monoisotopic (exact) mass is 349 g/mol. The summed E-state index contributed by atoms with van der Waals surface area (Å²) in [6.45, 7) is 7.40. The van der Waals surface area contributed by atoms with Crippen LogP contribution >= 0.6 is 0 Å². The highest BCUT2D eigenvalue weighted by Gasteiger charge is 2.25. The molecule has 1 heterocycles. The average Bonchev–Trinajstić information content (AvgIpc) is 2.99. The largest absolute Gasteiger partial charge is 0.468 e. The van der Waals surface area contributed by atoms with Gasteiger partial charge in [0.2, 0.25) is 0 Å². The maximum Gasteiger partial charge on any atom is 0.308 e. The fourth-order valence-electron chi connectivity index (χ4n) is 2.10. The van der Waals surface area contributed by atoms with Crippen molar-refractivity contribution in [3.8, 4) is 0 Å². The number of aryl methyl sites for hydroxylation is 1. The maximum atomic E-state index is 12.5. The topological polar surface area (TPSA) is 68.5 Å². The molecule has 0 spiro atoms. The van der Waals surface area contributed by atoms with E-state index in [0.717, 1.165) is 5.56 Å². The highest BCUT2D eigenvalue weighted by atomic mass is 32.2. The summed E-state index contributed by atoms with van der Waals surface area (Å²) in [6, 6.07) is 10.3. The third-order valence-electron chi connectivity index (χ3n) is 3.16. The third kappa shape index (κ3) is 5.62. The van der Waals surface area contributed by atoms with Crippen LogP contribution in [0.3, 0.4) is 0 Å². The van der Waals surface area contributed by atoms with Crippen molar-refractivity contribution < 1.29 is 18.2 Å². The van der Waals surface area contributed by atoms with Crippen LogP contribution in [0.15, 0.2) is 52.0 Å². The molecule has 1 N–H and O–H groups in total. The van der Waals surface area contributed by atoms with Crippen LogP contribution in [0.5, 0.6) is 0 Å². The second kappa shape index (κ2) is 7.77. The summed E-state index contributed by atoms with van der Waals surface area (Å²) in [5.41, 5.74) is 0.521. The van der Waals surface area contributed by atoms with Gasteiger partial charge in [0.1, 0.15) is 22.3 Å². The SMILES string of the molecule is Cc1ccc(S(=O)N[C@@H](CC(=O)OC(C)(C)C)c2ccco2)cc1. The number of benzene rings is 1. The Morgan fingerprint density at radius 3 is 2.46 bits per heavy atom. The lowest BCUT2D eigenvalue weighted by Gasteiger charge is -2.22. The molecule has 0 saturated heterocycles. The summed E-state index contributed by atoms with van der Waals surface area (Å²) in [5.74, 6) is 0.165. The van der Waals surface area contributed by atoms with Crippen LogP contribution < -0.4 is 4.72 Å². The second-order valence-electron chi connectivity index (χ2n) is 6.56. The first-order valence-electron chi connectivity index (χ1n) is 7.74. The van der Waals surface area contributed by atoms with E-state index in [-0.39, 0.29) is 12.4 Å². The molecular weight excluding hydrogens is 326 g/mol. The van der Waals surface area contributed by atoms with Gasteiger partial charge in [-0.1, -0.05) is 17.7 Å². The number of rotatable bonds is 6. The number of carbonyl (C=O) groups excluding carboxylic acids is 1. The van der Waals surface area contributed by atoms with E-state index in [0.29, 0.717) is 10.7 Å². The molecule has 0 saturated carbocycles. The minimum absolute atomic E-state index is 0.0301. The first kappa shape index (κ1) is 18.4. The Labute approximate surface area is 145 Å². The molecule has 2 rings (SSSR count). The minimum Gasteiger partial charge on any atom is -0.468 e. The maximum absolute atomic E-state index is 12.5. The molecule has 1 aromatic heterocycles. The summed E-state index contributed by atoms with van der Waals surface area (Å²) in [4.78, 5) is 12.8. The number of carbonyl (C=O) groups is 1. The van der Waals surface area contributed by atoms with Crippen LogP contribution in [-0.4, -0.2) is 15.8 Å². The molecule has 0 fully saturated rings. The lowest BCUT2D eigenvalue weighted by atomic mass is 10.1. The van der Waals surface area contributed by atoms with Crippen LogP contribution in [0.1, 0.15) is 44.6 Å². The van der Waals surface area contributed by atoms with Crippen molar-refractivity contribution in [2.45, 2.75) is 50.7 Å². The fourth-order valence-corrected chi connectivity index (χ4v) is 3.08. The van der Waals surface area contributed by atoms with Gasteiger partial charge in [-0.3, -0.25) is 4.79 Å². The van der Waals surface area contributed by atoms with Gasteiger partial charge < -0.3 is 9.15 Å². The van der Waals surface area contributed by atoms with E-state index in [2.05, 4.69) is 4.72 Å². The van der Waals surface area contributed by atoms with E-state index in [4.69, 9.17) is 9.15 Å². The predicted molar refractivity (Wildman–Crippen MR) is 92.6 cm³/mol. The Morgan fingerprint density at radius 1 is 1.25 bits per heavy atom. The third-order valence-corrected chi connectivity index (χ3v) is 4.36. The van der Waals surface area contributed by atoms with E-state index >= 15 is 0 Å². The van der Waals surface area contributed by atoms with E-state index in [1.165, 1.54) is 6.26 Å². The van der Waals surface area contributed by atoms with Gasteiger partial charge in [0.05, 0.1) is 23.6 Å². The summed E-state index contributed by atoms with van der Waals surface area (Å²) < 4.78 is 26.2. The van der Waals surface area contributed by atoms with Gasteiger partial charge in [0, 0.05) is 0 Å². The standard InChI is InChI=1S/C18H23NO4S/c1-13-7-9-14(10-8-13)24(21)19-15(16-6-5-11-22-16)12-17(20)23-18(2,3)4/h5-11,15,19H,12H2,1-4H3/t15-,24?/m0/s1. The molecule has 0 aliphatic carbocycles. The predicted octanol–water partition coefficient (Wildman–Crippen LogP) is 3.67. The Morgan fingerprint density at radius 2 is 1.92 bits per heavy atom. The fraction of sp³-hybridized carbons (Fsp3) is 0.389. The van der Waals surface area contributed by atoms with Crippen molar-refractivity contribution in [1.82, 2.24) is 4.72 Å². The van der Waals surface area contributed by atoms with Crippen LogP contribution in [0.2, 0.25) is 0 Å². The normalized spacial score (nSPS) is 14.2. The number of ether oxygens (including phenoxy) is 1. The summed E-state index contributed by atoms with van der Waals surface area (Å²) in [5, 5.41) is 0. The zero-order valence-electron chi connectivity index (χ0n) is 14.4. The van der Waals surface area contributed by atoms with Gasteiger partial charge >= 0.3 is 5.97 Å². The number of esters is 1. The van der Waals surface area contributed by atoms with Gasteiger partial charge in [0.15, 0.2) is 0 Å². The molecule has 0 radical (unpaired) electrons. The van der Waals surface area contributed by atoms with Crippen LogP contribution in [0.25, 0.3) is 0 Å². The molecule has 0 amide bonds. The molecule has 1 unspecified atom stereocenters. The van der Waals surface area contributed by atoms with Gasteiger partial charge in [0.25, 0.3) is 0 Å². The Balaban J connectivity index is 2.11. The molecule has 0 bridgehead atoms. The van der Waals surface area contributed by atoms with Crippen molar-refractivity contribution in [3.63, 3.8) is 0 Å². The Hall–Kier alpha value is -1.92. The molecule has 24 heavy (non-hydrogen) atoms. The zero-order valence-corrected chi connectivity index (χ0v) is 15.2. The lowest BCUT2D eigenvalue weighted by molar-refractivity contribution is -0.155. The summed E-state index contributed by atoms with van der Waals surface area (Å²) in [7, 11) is -1.46. The number of hydrogen-bond acceptors (Lipinski definition) is 4. The molecule has 2 atom stereocenters. The van der Waals surface area contributed by atoms with Gasteiger partial charge in [-0.25, -0.2) is 8.93 Å². The molecule has 0 aliphatic rings. The number of furan rings is 1. The van der Waals surface area contributed by atoms with Crippen LogP contribution in [-0.2, 0) is 20.5 Å². The Bertz CT molecular complexity index is 687. The molecule has 130 valence electrons. The minimum atomic E-state index is -1.46. The highest BCUT2D eigenvalue weighted by molar-refractivity contribution is 7.83. The van der Waals surface area contributed by atoms with E-state index in [1.54, 1.807) is 24.3 Å². The molecule has 5 nitrogen and oxygen atoms in total. The average molecular weight is 349 g/mol. The zero-order chi connectivity index (χ0) is 17.7. The van der Waals surface area contributed by atoms with Crippen LogP contribution in [0.4, 0.5) is 0 Å². The van der Waals surface area contributed by atoms with E-state index < -0.39 is 22.6 Å². The van der Waals surface area contributed by atoms with Crippen LogP contribution in [0, 0.1) is 6.92 Å². The van der Waals surface area contributed by atoms with Gasteiger partial charge in [-0.05, 0) is 52.0 Å². The van der Waals surface area contributed by atoms with Crippen molar-refractivity contribution >= 4 is 17.0 Å². The van der Waals surface area contributed by atoms with Crippen molar-refractivity contribution in [3.05, 3.63) is 54.0 Å². The summed E-state index contributed by atoms with van der Waals surface area (Å²) in [6.07, 6.45) is 1.55. The van der Waals surface area contributed by atoms with Gasteiger partial charge in [-0.15, -0.1) is 0 Å². The molecule has 0 aliphatic heterocycles. The second-order valence-corrected chi connectivity index (χ2v) is 7.80. The Kier molecular flexibility index (Phi) is 5.96. The molecule has 1 aromatic carbocycles. The molecule has 2 aromatic rings. The first-order chi connectivity index (χ1) is 11.2. The van der Waals surface area contributed by atoms with Crippen molar-refractivity contribution in [1.29, 1.82) is 0 Å². The van der Waals surface area contributed by atoms with E-state index in [9.17, 15) is 9.00 Å². The lowest BCUT2D eigenvalue weighted by Crippen LogP contribution is -2.30. The smallest absolute Gasteiger partial charge is 0.308 e.